The lowest BCUT2D eigenvalue weighted by Crippen LogP contribution is -2.24. The molecule has 6 nitrogen and oxygen atoms in total. The van der Waals surface area contributed by atoms with Gasteiger partial charge in [-0.2, -0.15) is 0 Å². The number of esters is 1. The largest absolute Gasteiger partial charge is 0.469 e. The Morgan fingerprint density at radius 1 is 1.14 bits per heavy atom. The van der Waals surface area contributed by atoms with Gasteiger partial charge in [-0.25, -0.2) is 0 Å². The standard InChI is InChI=1S/C15H20N2O4/c1-3-4-9-16-15(20)11-5-7-12(8-6-11)17-13(18)10-14(19)21-2/h5-8H,3-4,9-10H2,1-2H3,(H,16,20)(H,17,18). The second kappa shape index (κ2) is 8.73. The van der Waals surface area contributed by atoms with E-state index in [4.69, 9.17) is 0 Å². The molecule has 0 aliphatic heterocycles. The number of nitrogens with one attached hydrogen (secondary N) is 2. The average Bonchev–Trinajstić information content (AvgIpc) is 2.47. The highest BCUT2D eigenvalue weighted by atomic mass is 16.5. The molecule has 0 aliphatic rings. The molecule has 6 heteroatoms. The van der Waals surface area contributed by atoms with Crippen molar-refractivity contribution in [2.75, 3.05) is 19.0 Å². The minimum atomic E-state index is -0.598. The number of hydrogen-bond donors (Lipinski definition) is 2. The summed E-state index contributed by atoms with van der Waals surface area (Å²) in [5, 5.41) is 5.36. The van der Waals surface area contributed by atoms with Crippen LogP contribution in [0.1, 0.15) is 36.5 Å². The summed E-state index contributed by atoms with van der Waals surface area (Å²) in [6, 6.07) is 6.47. The zero-order valence-electron chi connectivity index (χ0n) is 12.3. The van der Waals surface area contributed by atoms with Crippen LogP contribution in [0.2, 0.25) is 0 Å². The van der Waals surface area contributed by atoms with E-state index in [-0.39, 0.29) is 12.3 Å². The molecule has 0 fully saturated rings. The van der Waals surface area contributed by atoms with Gasteiger partial charge in [0.15, 0.2) is 0 Å². The summed E-state index contributed by atoms with van der Waals surface area (Å²) in [6.45, 7) is 2.70. The molecular weight excluding hydrogens is 272 g/mol. The number of benzene rings is 1. The molecule has 1 rings (SSSR count). The van der Waals surface area contributed by atoms with Crippen LogP contribution in [-0.4, -0.2) is 31.4 Å². The maximum Gasteiger partial charge on any atom is 0.315 e. The molecule has 0 saturated carbocycles. The van der Waals surface area contributed by atoms with Gasteiger partial charge >= 0.3 is 5.97 Å². The molecule has 0 aliphatic carbocycles. The van der Waals surface area contributed by atoms with Crippen molar-refractivity contribution < 1.29 is 19.1 Å². The van der Waals surface area contributed by atoms with E-state index in [1.807, 2.05) is 0 Å². The summed E-state index contributed by atoms with van der Waals surface area (Å²) in [7, 11) is 1.22. The van der Waals surface area contributed by atoms with Gasteiger partial charge in [-0.3, -0.25) is 14.4 Å². The van der Waals surface area contributed by atoms with Gasteiger partial charge in [-0.1, -0.05) is 13.3 Å². The van der Waals surface area contributed by atoms with E-state index in [1.165, 1.54) is 7.11 Å². The van der Waals surface area contributed by atoms with Crippen molar-refractivity contribution in [3.63, 3.8) is 0 Å². The van der Waals surface area contributed by atoms with Crippen LogP contribution in [-0.2, 0) is 14.3 Å². The van der Waals surface area contributed by atoms with Crippen molar-refractivity contribution in [3.8, 4) is 0 Å². The molecule has 0 aromatic heterocycles. The third kappa shape index (κ3) is 6.07. The maximum absolute atomic E-state index is 11.8. The van der Waals surface area contributed by atoms with Crippen LogP contribution >= 0.6 is 0 Å². The van der Waals surface area contributed by atoms with E-state index in [0.717, 1.165) is 12.8 Å². The lowest BCUT2D eigenvalue weighted by molar-refractivity contribution is -0.142. The molecule has 0 unspecified atom stereocenters. The van der Waals surface area contributed by atoms with Gasteiger partial charge in [-0.05, 0) is 30.7 Å². The number of carbonyl (C=O) groups excluding carboxylic acids is 3. The number of amides is 2. The van der Waals surface area contributed by atoms with Crippen LogP contribution in [0, 0.1) is 0 Å². The molecular formula is C15H20N2O4. The van der Waals surface area contributed by atoms with E-state index in [9.17, 15) is 14.4 Å². The van der Waals surface area contributed by atoms with E-state index in [2.05, 4.69) is 22.3 Å². The fourth-order valence-electron chi connectivity index (χ4n) is 1.59. The van der Waals surface area contributed by atoms with Crippen LogP contribution in [0.15, 0.2) is 24.3 Å². The fraction of sp³-hybridized carbons (Fsp3) is 0.400. The van der Waals surface area contributed by atoms with Gasteiger partial charge < -0.3 is 15.4 Å². The summed E-state index contributed by atoms with van der Waals surface area (Å²) in [6.07, 6.45) is 1.62. The first-order valence-electron chi connectivity index (χ1n) is 6.81. The first-order chi connectivity index (χ1) is 10.1. The minimum absolute atomic E-state index is 0.143. The summed E-state index contributed by atoms with van der Waals surface area (Å²) in [5.74, 6) is -1.20. The van der Waals surface area contributed by atoms with Crippen molar-refractivity contribution in [1.29, 1.82) is 0 Å². The second-order valence-electron chi connectivity index (χ2n) is 4.49. The highest BCUT2D eigenvalue weighted by Gasteiger charge is 2.10. The topological polar surface area (TPSA) is 84.5 Å². The molecule has 1 aromatic carbocycles. The van der Waals surface area contributed by atoms with Gasteiger partial charge in [0.2, 0.25) is 5.91 Å². The Hall–Kier alpha value is -2.37. The summed E-state index contributed by atoms with van der Waals surface area (Å²) < 4.78 is 4.40. The molecule has 1 aromatic rings. The second-order valence-corrected chi connectivity index (χ2v) is 4.49. The Morgan fingerprint density at radius 2 is 1.81 bits per heavy atom. The third-order valence-corrected chi connectivity index (χ3v) is 2.78. The van der Waals surface area contributed by atoms with Crippen LogP contribution in [0.25, 0.3) is 0 Å². The number of hydrogen-bond acceptors (Lipinski definition) is 4. The molecule has 2 amide bonds. The summed E-state index contributed by atoms with van der Waals surface area (Å²) in [4.78, 5) is 34.2. The zero-order valence-corrected chi connectivity index (χ0v) is 12.3. The normalized spacial score (nSPS) is 9.81. The predicted molar refractivity (Wildman–Crippen MR) is 78.9 cm³/mol. The molecule has 0 radical (unpaired) electrons. The molecule has 2 N–H and O–H groups in total. The number of ether oxygens (including phenoxy) is 1. The van der Waals surface area contributed by atoms with Crippen LogP contribution in [0.4, 0.5) is 5.69 Å². The molecule has 0 bridgehead atoms. The van der Waals surface area contributed by atoms with Crippen molar-refractivity contribution in [2.24, 2.45) is 0 Å². The molecule has 0 atom stereocenters. The van der Waals surface area contributed by atoms with Crippen molar-refractivity contribution >= 4 is 23.5 Å². The molecule has 0 spiro atoms. The summed E-state index contributed by atoms with van der Waals surface area (Å²) in [5.41, 5.74) is 1.05. The van der Waals surface area contributed by atoms with Crippen molar-refractivity contribution in [1.82, 2.24) is 5.32 Å². The minimum Gasteiger partial charge on any atom is -0.469 e. The molecule has 0 heterocycles. The monoisotopic (exact) mass is 292 g/mol. The Labute approximate surface area is 123 Å². The van der Waals surface area contributed by atoms with E-state index >= 15 is 0 Å². The Bertz CT molecular complexity index is 497. The fourth-order valence-corrected chi connectivity index (χ4v) is 1.59. The first kappa shape index (κ1) is 16.7. The quantitative estimate of drug-likeness (QED) is 0.455. The van der Waals surface area contributed by atoms with E-state index in [1.54, 1.807) is 24.3 Å². The third-order valence-electron chi connectivity index (χ3n) is 2.78. The van der Waals surface area contributed by atoms with Gasteiger partial charge in [0.25, 0.3) is 5.91 Å². The highest BCUT2D eigenvalue weighted by Crippen LogP contribution is 2.10. The highest BCUT2D eigenvalue weighted by molar-refractivity contribution is 6.02. The van der Waals surface area contributed by atoms with Gasteiger partial charge in [0.05, 0.1) is 7.11 Å². The van der Waals surface area contributed by atoms with Crippen molar-refractivity contribution in [2.45, 2.75) is 26.2 Å². The zero-order chi connectivity index (χ0) is 15.7. The van der Waals surface area contributed by atoms with Crippen LogP contribution in [0.3, 0.4) is 0 Å². The Morgan fingerprint density at radius 3 is 2.38 bits per heavy atom. The van der Waals surface area contributed by atoms with E-state index < -0.39 is 11.9 Å². The number of unbranched alkanes of at least 4 members (excludes halogenated alkanes) is 1. The lowest BCUT2D eigenvalue weighted by atomic mass is 10.2. The smallest absolute Gasteiger partial charge is 0.315 e. The number of carbonyl (C=O) groups is 3. The first-order valence-corrected chi connectivity index (χ1v) is 6.81. The Balaban J connectivity index is 2.51. The van der Waals surface area contributed by atoms with E-state index in [0.29, 0.717) is 17.8 Å². The van der Waals surface area contributed by atoms with Crippen LogP contribution in [0.5, 0.6) is 0 Å². The number of anilines is 1. The molecule has 21 heavy (non-hydrogen) atoms. The lowest BCUT2D eigenvalue weighted by Gasteiger charge is -2.07. The summed E-state index contributed by atoms with van der Waals surface area (Å²) >= 11 is 0. The Kier molecular flexibility index (Phi) is 6.94. The van der Waals surface area contributed by atoms with Gasteiger partial charge in [0, 0.05) is 17.8 Å². The molecule has 0 saturated heterocycles. The molecule has 114 valence electrons. The SMILES string of the molecule is CCCCNC(=O)c1ccc(NC(=O)CC(=O)OC)cc1. The van der Waals surface area contributed by atoms with Crippen molar-refractivity contribution in [3.05, 3.63) is 29.8 Å². The average molecular weight is 292 g/mol. The van der Waals surface area contributed by atoms with Crippen LogP contribution < -0.4 is 10.6 Å². The predicted octanol–water partition coefficient (Wildman–Crippen LogP) is 1.72. The van der Waals surface area contributed by atoms with Gasteiger partial charge in [-0.15, -0.1) is 0 Å². The number of rotatable bonds is 7. The van der Waals surface area contributed by atoms with Gasteiger partial charge in [0.1, 0.15) is 6.42 Å². The maximum atomic E-state index is 11.8. The number of methoxy groups -OCH3 is 1.